The van der Waals surface area contributed by atoms with E-state index in [1.807, 2.05) is 23.6 Å². The van der Waals surface area contributed by atoms with Gasteiger partial charge in [0.15, 0.2) is 11.6 Å². The van der Waals surface area contributed by atoms with E-state index in [-0.39, 0.29) is 17.1 Å². The second-order valence-corrected chi connectivity index (χ2v) is 10.4. The standard InChI is InChI=1S/C26H16N2O2S2/c29-24-16-3-1-2-4-17(16)25(30)19(24)10-14-5-6-15(9-14)28-12-20-22(13-28)32-26-18-7-8-31-21(18)11-27-23(20)26/h1-8,10-11H,9,12-13H2. The maximum atomic E-state index is 12.7. The number of rotatable bonds is 2. The summed E-state index contributed by atoms with van der Waals surface area (Å²) in [6, 6.07) is 9.26. The first kappa shape index (κ1) is 18.2. The molecule has 0 bridgehead atoms. The van der Waals surface area contributed by atoms with Gasteiger partial charge in [-0.3, -0.25) is 14.6 Å². The Morgan fingerprint density at radius 3 is 2.62 bits per heavy atom. The van der Waals surface area contributed by atoms with Gasteiger partial charge in [-0.15, -0.1) is 22.7 Å². The number of pyridine rings is 1. The Morgan fingerprint density at radius 2 is 1.81 bits per heavy atom. The molecule has 0 fully saturated rings. The van der Waals surface area contributed by atoms with Gasteiger partial charge in [-0.1, -0.05) is 30.3 Å². The highest BCUT2D eigenvalue weighted by atomic mass is 32.1. The second-order valence-electron chi connectivity index (χ2n) is 8.33. The summed E-state index contributed by atoms with van der Waals surface area (Å²) in [7, 11) is 0. The molecule has 2 aliphatic carbocycles. The lowest BCUT2D eigenvalue weighted by Gasteiger charge is -2.19. The Kier molecular flexibility index (Phi) is 3.75. The molecule has 154 valence electrons. The number of carbonyl (C=O) groups excluding carboxylic acids is 2. The molecule has 32 heavy (non-hydrogen) atoms. The van der Waals surface area contributed by atoms with Crippen LogP contribution in [0.1, 0.15) is 37.6 Å². The Labute approximate surface area is 191 Å². The van der Waals surface area contributed by atoms with Crippen molar-refractivity contribution in [2.45, 2.75) is 19.5 Å². The van der Waals surface area contributed by atoms with E-state index >= 15 is 0 Å². The van der Waals surface area contributed by atoms with Crippen molar-refractivity contribution < 1.29 is 9.59 Å². The third kappa shape index (κ3) is 2.51. The number of fused-ring (bicyclic) bond motifs is 6. The van der Waals surface area contributed by atoms with Crippen LogP contribution >= 0.6 is 22.7 Å². The van der Waals surface area contributed by atoms with Crippen LogP contribution in [0.3, 0.4) is 0 Å². The lowest BCUT2D eigenvalue weighted by atomic mass is 10.1. The number of thiophene rings is 2. The third-order valence-electron chi connectivity index (χ3n) is 6.51. The molecule has 4 heterocycles. The van der Waals surface area contributed by atoms with E-state index in [9.17, 15) is 9.59 Å². The van der Waals surface area contributed by atoms with E-state index in [0.29, 0.717) is 11.1 Å². The van der Waals surface area contributed by atoms with E-state index in [1.54, 1.807) is 41.7 Å². The summed E-state index contributed by atoms with van der Waals surface area (Å²) in [5.41, 5.74) is 6.00. The molecular weight excluding hydrogens is 436 g/mol. The molecule has 4 nitrogen and oxygen atoms in total. The number of nitrogens with zero attached hydrogens (tertiary/aromatic N) is 2. The Bertz CT molecular complexity index is 1560. The maximum absolute atomic E-state index is 12.7. The van der Waals surface area contributed by atoms with Crippen molar-refractivity contribution in [3.63, 3.8) is 0 Å². The first-order valence-electron chi connectivity index (χ1n) is 10.5. The third-order valence-corrected chi connectivity index (χ3v) is 8.60. The van der Waals surface area contributed by atoms with Crippen LogP contribution in [0.5, 0.6) is 0 Å². The van der Waals surface area contributed by atoms with Gasteiger partial charge >= 0.3 is 0 Å². The van der Waals surface area contributed by atoms with Crippen molar-refractivity contribution in [3.05, 3.63) is 98.5 Å². The maximum Gasteiger partial charge on any atom is 0.197 e. The highest BCUT2D eigenvalue weighted by Gasteiger charge is 2.33. The molecule has 0 amide bonds. The molecular formula is C26H16N2O2S2. The number of hydrogen-bond donors (Lipinski definition) is 0. The van der Waals surface area contributed by atoms with Crippen molar-refractivity contribution in [1.82, 2.24) is 9.88 Å². The summed E-state index contributed by atoms with van der Waals surface area (Å²) in [6.07, 6.45) is 8.66. The summed E-state index contributed by atoms with van der Waals surface area (Å²) >= 11 is 3.60. The average Bonchev–Trinajstić information content (AvgIpc) is 3.60. The molecule has 0 spiro atoms. The number of ketones is 2. The summed E-state index contributed by atoms with van der Waals surface area (Å²) < 4.78 is 2.54. The molecule has 1 aliphatic heterocycles. The van der Waals surface area contributed by atoms with Crippen LogP contribution < -0.4 is 0 Å². The minimum atomic E-state index is -0.166. The minimum Gasteiger partial charge on any atom is -0.365 e. The fourth-order valence-electron chi connectivity index (χ4n) is 4.90. The predicted octanol–water partition coefficient (Wildman–Crippen LogP) is 6.05. The van der Waals surface area contributed by atoms with Crippen LogP contribution in [0.25, 0.3) is 20.3 Å². The van der Waals surface area contributed by atoms with Gasteiger partial charge < -0.3 is 4.90 Å². The van der Waals surface area contributed by atoms with E-state index in [2.05, 4.69) is 22.4 Å². The van der Waals surface area contributed by atoms with Crippen LogP contribution in [-0.4, -0.2) is 21.5 Å². The molecule has 0 unspecified atom stereocenters. The molecule has 6 heteroatoms. The van der Waals surface area contributed by atoms with Crippen LogP contribution in [0.15, 0.2) is 77.0 Å². The average molecular weight is 453 g/mol. The van der Waals surface area contributed by atoms with Crippen LogP contribution in [0.4, 0.5) is 0 Å². The Hall–Kier alpha value is -3.35. The Balaban J connectivity index is 1.12. The monoisotopic (exact) mass is 452 g/mol. The molecule has 7 rings (SSSR count). The van der Waals surface area contributed by atoms with Crippen molar-refractivity contribution in [3.8, 4) is 0 Å². The zero-order valence-corrected chi connectivity index (χ0v) is 18.6. The van der Waals surface area contributed by atoms with Crippen molar-refractivity contribution in [2.75, 3.05) is 0 Å². The summed E-state index contributed by atoms with van der Waals surface area (Å²) in [4.78, 5) is 33.9. The lowest BCUT2D eigenvalue weighted by Crippen LogP contribution is -2.15. The number of hydrogen-bond acceptors (Lipinski definition) is 6. The van der Waals surface area contributed by atoms with Crippen molar-refractivity contribution >= 4 is 54.5 Å². The smallest absolute Gasteiger partial charge is 0.197 e. The van der Waals surface area contributed by atoms with Gasteiger partial charge in [0.1, 0.15) is 0 Å². The molecule has 4 aromatic rings. The van der Waals surface area contributed by atoms with Gasteiger partial charge in [0.25, 0.3) is 0 Å². The highest BCUT2D eigenvalue weighted by molar-refractivity contribution is 7.22. The summed E-state index contributed by atoms with van der Waals surface area (Å²) in [5, 5.41) is 3.44. The predicted molar refractivity (Wildman–Crippen MR) is 128 cm³/mol. The van der Waals surface area contributed by atoms with Gasteiger partial charge in [-0.25, -0.2) is 0 Å². The number of carbonyl (C=O) groups is 2. The first-order valence-corrected chi connectivity index (χ1v) is 12.2. The zero-order chi connectivity index (χ0) is 21.4. The number of benzene rings is 1. The van der Waals surface area contributed by atoms with Gasteiger partial charge in [-0.05, 0) is 29.2 Å². The molecule has 0 saturated carbocycles. The summed E-state index contributed by atoms with van der Waals surface area (Å²) in [5.74, 6) is -0.332. The molecule has 0 N–H and O–H groups in total. The molecule has 3 aromatic heterocycles. The van der Waals surface area contributed by atoms with E-state index in [4.69, 9.17) is 4.98 Å². The first-order chi connectivity index (χ1) is 15.7. The van der Waals surface area contributed by atoms with E-state index in [1.165, 1.54) is 30.9 Å². The number of Topliss-reactive ketones (excluding diaryl/α,β-unsaturated/α-hetero) is 2. The zero-order valence-electron chi connectivity index (χ0n) is 16.9. The number of allylic oxidation sites excluding steroid dienone is 5. The Morgan fingerprint density at radius 1 is 1.00 bits per heavy atom. The molecule has 3 aliphatic rings. The SMILES string of the molecule is O=C1C(=CC2=CC=C(N3Cc4sc5c(ncc6sccc65)c4C3)C2)C(=O)c2ccccc21. The van der Waals surface area contributed by atoms with Gasteiger partial charge in [0.2, 0.25) is 0 Å². The van der Waals surface area contributed by atoms with E-state index in [0.717, 1.165) is 30.6 Å². The van der Waals surface area contributed by atoms with Crippen molar-refractivity contribution in [1.29, 1.82) is 0 Å². The topological polar surface area (TPSA) is 50.3 Å². The normalized spacial score (nSPS) is 17.4. The quantitative estimate of drug-likeness (QED) is 0.275. The molecule has 1 aromatic carbocycles. The molecule has 0 radical (unpaired) electrons. The van der Waals surface area contributed by atoms with Crippen molar-refractivity contribution in [2.24, 2.45) is 0 Å². The van der Waals surface area contributed by atoms with Crippen LogP contribution in [-0.2, 0) is 13.1 Å². The van der Waals surface area contributed by atoms with Gasteiger partial charge in [0.05, 0.1) is 27.0 Å². The molecule has 0 saturated heterocycles. The summed E-state index contributed by atoms with van der Waals surface area (Å²) in [6.45, 7) is 1.74. The largest absolute Gasteiger partial charge is 0.365 e. The van der Waals surface area contributed by atoms with Crippen LogP contribution in [0, 0.1) is 0 Å². The lowest BCUT2D eigenvalue weighted by molar-refractivity contribution is 0.0988. The highest BCUT2D eigenvalue weighted by Crippen LogP contribution is 2.43. The second kappa shape index (κ2) is 6.58. The fraction of sp³-hybridized carbons (Fsp3) is 0.115. The fourth-order valence-corrected chi connectivity index (χ4v) is 7.04. The van der Waals surface area contributed by atoms with Crippen LogP contribution in [0.2, 0.25) is 0 Å². The van der Waals surface area contributed by atoms with E-state index < -0.39 is 0 Å². The van der Waals surface area contributed by atoms with Gasteiger partial charge in [-0.2, -0.15) is 0 Å². The minimum absolute atomic E-state index is 0.166. The molecule has 0 atom stereocenters. The number of aromatic nitrogens is 1. The van der Waals surface area contributed by atoms with Gasteiger partial charge in [0, 0.05) is 51.8 Å².